The zero-order valence-corrected chi connectivity index (χ0v) is 10.7. The molecule has 2 unspecified atom stereocenters. The number of carbonyl (C=O) groups excluding carboxylic acids is 1. The predicted octanol–water partition coefficient (Wildman–Crippen LogP) is 0.514. The van der Waals surface area contributed by atoms with Crippen LogP contribution < -0.4 is 10.6 Å². The Kier molecular flexibility index (Phi) is 3.57. The van der Waals surface area contributed by atoms with Crippen LogP contribution in [0.25, 0.3) is 5.65 Å². The predicted molar refractivity (Wildman–Crippen MR) is 68.1 cm³/mol. The van der Waals surface area contributed by atoms with Crippen LogP contribution in [0, 0.1) is 0 Å². The van der Waals surface area contributed by atoms with Crippen molar-refractivity contribution in [3.8, 4) is 0 Å². The van der Waals surface area contributed by atoms with Crippen LogP contribution in [0.1, 0.15) is 25.7 Å². The van der Waals surface area contributed by atoms with Crippen molar-refractivity contribution >= 4 is 11.6 Å². The van der Waals surface area contributed by atoms with E-state index in [2.05, 4.69) is 20.8 Å². The molecule has 96 valence electrons. The van der Waals surface area contributed by atoms with Gasteiger partial charge < -0.3 is 10.6 Å². The maximum atomic E-state index is 11.8. The van der Waals surface area contributed by atoms with Crippen LogP contribution in [-0.4, -0.2) is 33.6 Å². The number of nitrogens with one attached hydrogen (secondary N) is 2. The smallest absolute Gasteiger partial charge is 0.237 e. The van der Waals surface area contributed by atoms with Crippen LogP contribution in [0.5, 0.6) is 0 Å². The molecule has 2 heterocycles. The van der Waals surface area contributed by atoms with Crippen LogP contribution in [-0.2, 0) is 4.79 Å². The first-order valence-electron chi connectivity index (χ1n) is 5.90. The minimum Gasteiger partial charge on any atom is -0.345 e. The van der Waals surface area contributed by atoms with Crippen LogP contribution in [0.3, 0.4) is 0 Å². The number of hydrogen-bond acceptors (Lipinski definition) is 4. The Morgan fingerprint density at radius 2 is 2.11 bits per heavy atom. The highest BCUT2D eigenvalue weighted by atomic mass is 16.2. The monoisotopic (exact) mass is 247 g/mol. The second-order valence-corrected chi connectivity index (χ2v) is 4.23. The van der Waals surface area contributed by atoms with Crippen molar-refractivity contribution in [2.45, 2.75) is 25.9 Å². The first-order chi connectivity index (χ1) is 8.63. The molecular weight excluding hydrogens is 230 g/mol. The average molecular weight is 247 g/mol. The molecule has 2 aromatic heterocycles. The van der Waals surface area contributed by atoms with Gasteiger partial charge in [-0.1, -0.05) is 6.07 Å². The standard InChI is InChI=1S/C12H17N5O/c1-8(14-12(18)9(2)13-3)11-16-15-10-6-4-5-7-17(10)11/h4-9,13H,1-3H3,(H,14,18). The third kappa shape index (κ3) is 2.33. The summed E-state index contributed by atoms with van der Waals surface area (Å²) in [6.45, 7) is 3.70. The van der Waals surface area contributed by atoms with E-state index in [4.69, 9.17) is 0 Å². The summed E-state index contributed by atoms with van der Waals surface area (Å²) < 4.78 is 1.87. The number of nitrogens with zero attached hydrogens (tertiary/aromatic N) is 3. The largest absolute Gasteiger partial charge is 0.345 e. The van der Waals surface area contributed by atoms with Gasteiger partial charge >= 0.3 is 0 Å². The van der Waals surface area contributed by atoms with Crippen LogP contribution >= 0.6 is 0 Å². The normalized spacial score (nSPS) is 14.4. The van der Waals surface area contributed by atoms with Crippen molar-refractivity contribution in [3.63, 3.8) is 0 Å². The molecule has 6 nitrogen and oxygen atoms in total. The molecule has 0 bridgehead atoms. The number of amides is 1. The van der Waals surface area contributed by atoms with Crippen LogP contribution in [0.15, 0.2) is 24.4 Å². The molecule has 1 amide bonds. The Morgan fingerprint density at radius 3 is 2.83 bits per heavy atom. The topological polar surface area (TPSA) is 71.3 Å². The molecule has 0 radical (unpaired) electrons. The fraction of sp³-hybridized carbons (Fsp3) is 0.417. The Hall–Kier alpha value is -1.95. The van der Waals surface area contributed by atoms with Gasteiger partial charge in [-0.25, -0.2) is 0 Å². The SMILES string of the molecule is CNC(C)C(=O)NC(C)c1nnc2ccccn12. The van der Waals surface area contributed by atoms with Gasteiger partial charge in [0.25, 0.3) is 0 Å². The lowest BCUT2D eigenvalue weighted by atomic mass is 10.2. The van der Waals surface area contributed by atoms with Gasteiger partial charge in [0.2, 0.25) is 5.91 Å². The van der Waals surface area contributed by atoms with Gasteiger partial charge in [0.15, 0.2) is 11.5 Å². The van der Waals surface area contributed by atoms with E-state index in [9.17, 15) is 4.79 Å². The maximum absolute atomic E-state index is 11.8. The lowest BCUT2D eigenvalue weighted by molar-refractivity contribution is -0.123. The number of fused-ring (bicyclic) bond motifs is 1. The minimum atomic E-state index is -0.230. The number of likely N-dealkylation sites (N-methyl/N-ethyl adjacent to an activating group) is 1. The van der Waals surface area contributed by atoms with E-state index in [0.717, 1.165) is 11.5 Å². The summed E-state index contributed by atoms with van der Waals surface area (Å²) in [5.41, 5.74) is 0.773. The van der Waals surface area contributed by atoms with Crippen molar-refractivity contribution in [1.29, 1.82) is 0 Å². The number of hydrogen-bond donors (Lipinski definition) is 2. The van der Waals surface area contributed by atoms with Gasteiger partial charge in [0.1, 0.15) is 0 Å². The van der Waals surface area contributed by atoms with E-state index in [1.54, 1.807) is 7.05 Å². The highest BCUT2D eigenvalue weighted by molar-refractivity contribution is 5.81. The molecule has 18 heavy (non-hydrogen) atoms. The van der Waals surface area contributed by atoms with Crippen molar-refractivity contribution < 1.29 is 4.79 Å². The number of pyridine rings is 1. The molecule has 6 heteroatoms. The highest BCUT2D eigenvalue weighted by Gasteiger charge is 2.18. The van der Waals surface area contributed by atoms with Crippen molar-refractivity contribution in [2.75, 3.05) is 7.05 Å². The number of carbonyl (C=O) groups is 1. The van der Waals surface area contributed by atoms with E-state index in [-0.39, 0.29) is 18.0 Å². The van der Waals surface area contributed by atoms with Gasteiger partial charge in [-0.2, -0.15) is 0 Å². The van der Waals surface area contributed by atoms with Crippen molar-refractivity contribution in [2.24, 2.45) is 0 Å². The first-order valence-corrected chi connectivity index (χ1v) is 5.90. The van der Waals surface area contributed by atoms with Gasteiger partial charge in [-0.3, -0.25) is 9.20 Å². The zero-order valence-electron chi connectivity index (χ0n) is 10.7. The van der Waals surface area contributed by atoms with Crippen molar-refractivity contribution in [1.82, 2.24) is 25.2 Å². The molecule has 0 aliphatic carbocycles. The summed E-state index contributed by atoms with van der Waals surface area (Å²) in [5.74, 6) is 0.667. The Labute approximate surface area is 105 Å². The summed E-state index contributed by atoms with van der Waals surface area (Å²) in [6, 6.07) is 5.27. The molecule has 0 aliphatic heterocycles. The van der Waals surface area contributed by atoms with Gasteiger partial charge in [0.05, 0.1) is 12.1 Å². The fourth-order valence-electron chi connectivity index (χ4n) is 1.69. The van der Waals surface area contributed by atoms with E-state index in [0.29, 0.717) is 0 Å². The fourth-order valence-corrected chi connectivity index (χ4v) is 1.69. The van der Waals surface area contributed by atoms with Gasteiger partial charge in [-0.05, 0) is 33.0 Å². The molecule has 2 rings (SSSR count). The molecular formula is C12H17N5O. The maximum Gasteiger partial charge on any atom is 0.237 e. The molecule has 0 fully saturated rings. The minimum absolute atomic E-state index is 0.0577. The molecule has 2 N–H and O–H groups in total. The highest BCUT2D eigenvalue weighted by Crippen LogP contribution is 2.11. The molecule has 2 aromatic rings. The first kappa shape index (κ1) is 12.5. The molecule has 0 aromatic carbocycles. The van der Waals surface area contributed by atoms with Crippen LogP contribution in [0.4, 0.5) is 0 Å². The second-order valence-electron chi connectivity index (χ2n) is 4.23. The summed E-state index contributed by atoms with van der Waals surface area (Å²) in [4.78, 5) is 11.8. The summed E-state index contributed by atoms with van der Waals surface area (Å²) in [5, 5.41) is 14.0. The Bertz CT molecular complexity index is 550. The van der Waals surface area contributed by atoms with E-state index < -0.39 is 0 Å². The summed E-state index contributed by atoms with van der Waals surface area (Å²) >= 11 is 0. The molecule has 0 saturated heterocycles. The lowest BCUT2D eigenvalue weighted by Crippen LogP contribution is -2.41. The van der Waals surface area contributed by atoms with E-state index >= 15 is 0 Å². The average Bonchev–Trinajstić information content (AvgIpc) is 2.81. The molecule has 0 aliphatic rings. The third-order valence-corrected chi connectivity index (χ3v) is 2.91. The van der Waals surface area contributed by atoms with E-state index in [1.165, 1.54) is 0 Å². The summed E-state index contributed by atoms with van der Waals surface area (Å²) in [7, 11) is 1.75. The van der Waals surface area contributed by atoms with Crippen molar-refractivity contribution in [3.05, 3.63) is 30.2 Å². The van der Waals surface area contributed by atoms with E-state index in [1.807, 2.05) is 42.6 Å². The summed E-state index contributed by atoms with van der Waals surface area (Å²) in [6.07, 6.45) is 1.88. The third-order valence-electron chi connectivity index (χ3n) is 2.91. The number of aromatic nitrogens is 3. The van der Waals surface area contributed by atoms with Crippen LogP contribution in [0.2, 0.25) is 0 Å². The van der Waals surface area contributed by atoms with Gasteiger partial charge in [0, 0.05) is 6.20 Å². The van der Waals surface area contributed by atoms with Gasteiger partial charge in [-0.15, -0.1) is 10.2 Å². The Balaban J connectivity index is 2.19. The Morgan fingerprint density at radius 1 is 1.33 bits per heavy atom. The molecule has 0 spiro atoms. The second kappa shape index (κ2) is 5.14. The number of rotatable bonds is 4. The lowest BCUT2D eigenvalue weighted by Gasteiger charge is -2.15. The molecule has 2 atom stereocenters. The quantitative estimate of drug-likeness (QED) is 0.826. The zero-order chi connectivity index (χ0) is 13.1. The molecule has 0 saturated carbocycles.